The molecular weight excluding hydrogens is 584 g/mol. The molecule has 3 fully saturated rings. The molecule has 1 heterocycles. The van der Waals surface area contributed by atoms with Crippen molar-refractivity contribution >= 4 is 27.7 Å². The van der Waals surface area contributed by atoms with Gasteiger partial charge in [0.15, 0.2) is 6.61 Å². The summed E-state index contributed by atoms with van der Waals surface area (Å²) >= 11 is 0. The number of benzene rings is 2. The first-order valence-corrected chi connectivity index (χ1v) is 18.5. The van der Waals surface area contributed by atoms with Crippen molar-refractivity contribution in [1.82, 2.24) is 0 Å². The molecule has 0 saturated heterocycles. The van der Waals surface area contributed by atoms with Crippen LogP contribution in [0.25, 0.3) is 21.7 Å². The molecule has 8 atom stereocenters. The highest BCUT2D eigenvalue weighted by molar-refractivity contribution is 6.04. The van der Waals surface area contributed by atoms with Crippen LogP contribution in [0, 0.1) is 46.3 Å². The lowest BCUT2D eigenvalue weighted by Crippen LogP contribution is -2.51. The summed E-state index contributed by atoms with van der Waals surface area (Å²) in [5, 5.41) is 2.23. The fraction of sp³-hybridized carbons (Fsp3) is 0.619. The zero-order valence-corrected chi connectivity index (χ0v) is 29.2. The topological polar surface area (TPSA) is 65.7 Å². The predicted molar refractivity (Wildman–Crippen MR) is 188 cm³/mol. The van der Waals surface area contributed by atoms with Crippen LogP contribution in [0.15, 0.2) is 63.3 Å². The highest BCUT2D eigenvalue weighted by Gasteiger charge is 2.59. The zero-order chi connectivity index (χ0) is 32.9. The summed E-state index contributed by atoms with van der Waals surface area (Å²) in [4.78, 5) is 25.4. The number of carbonyl (C=O) groups excluding carboxylic acids is 1. The summed E-state index contributed by atoms with van der Waals surface area (Å²) in [5.74, 6) is 5.06. The average molecular weight is 639 g/mol. The van der Waals surface area contributed by atoms with Crippen molar-refractivity contribution < 1.29 is 18.7 Å². The van der Waals surface area contributed by atoms with Gasteiger partial charge in [-0.25, -0.2) is 9.59 Å². The second kappa shape index (κ2) is 12.7. The quantitative estimate of drug-likeness (QED) is 0.101. The summed E-state index contributed by atoms with van der Waals surface area (Å²) in [5.41, 5.74) is 2.32. The van der Waals surface area contributed by atoms with E-state index in [1.54, 1.807) is 12.1 Å². The van der Waals surface area contributed by atoms with Crippen molar-refractivity contribution in [2.24, 2.45) is 46.3 Å². The number of allylic oxidation sites excluding steroid dienone is 1. The molecule has 7 rings (SSSR count). The molecule has 5 heteroatoms. The Morgan fingerprint density at radius 2 is 1.74 bits per heavy atom. The smallest absolute Gasteiger partial charge is 0.344 e. The van der Waals surface area contributed by atoms with Crippen LogP contribution < -0.4 is 10.4 Å². The van der Waals surface area contributed by atoms with Crippen molar-refractivity contribution in [3.05, 3.63) is 64.5 Å². The molecule has 0 aliphatic heterocycles. The molecule has 1 aromatic heterocycles. The van der Waals surface area contributed by atoms with E-state index in [1.807, 2.05) is 30.3 Å². The summed E-state index contributed by atoms with van der Waals surface area (Å²) < 4.78 is 17.4. The third-order valence-corrected chi connectivity index (χ3v) is 13.5. The Bertz CT molecular complexity index is 1720. The Hall–Kier alpha value is -3.08. The van der Waals surface area contributed by atoms with E-state index < -0.39 is 0 Å². The van der Waals surface area contributed by atoms with Crippen LogP contribution in [0.2, 0.25) is 0 Å². The molecule has 5 nitrogen and oxygen atoms in total. The van der Waals surface area contributed by atoms with E-state index in [1.165, 1.54) is 56.9 Å². The number of rotatable bonds is 9. The van der Waals surface area contributed by atoms with Gasteiger partial charge >= 0.3 is 11.6 Å². The zero-order valence-electron chi connectivity index (χ0n) is 29.2. The van der Waals surface area contributed by atoms with Gasteiger partial charge in [-0.3, -0.25) is 0 Å². The fourth-order valence-corrected chi connectivity index (χ4v) is 11.1. The Morgan fingerprint density at radius 1 is 0.936 bits per heavy atom. The lowest BCUT2D eigenvalue weighted by atomic mass is 9.47. The monoisotopic (exact) mass is 638 g/mol. The lowest BCUT2D eigenvalue weighted by molar-refractivity contribution is -0.153. The molecule has 0 radical (unpaired) electrons. The molecule has 0 spiro atoms. The van der Waals surface area contributed by atoms with Gasteiger partial charge in [0.05, 0.1) is 5.39 Å². The second-order valence-electron chi connectivity index (χ2n) is 16.5. The van der Waals surface area contributed by atoms with Crippen LogP contribution in [0.4, 0.5) is 0 Å². The van der Waals surface area contributed by atoms with Crippen molar-refractivity contribution in [2.45, 2.75) is 111 Å². The van der Waals surface area contributed by atoms with Gasteiger partial charge in [0, 0.05) is 17.9 Å². The first-order chi connectivity index (χ1) is 22.6. The fourth-order valence-electron chi connectivity index (χ4n) is 11.1. The SMILES string of the molecule is CC(C)CCC[C@@H](C)[C@@H]1CC[C@@H]2[C@@H]3CC=C4C[C@@H](OC(=O)COc5ccc6c(c5)oc(=O)c5ccccc56)CC[C@]4(C)[C@@H]3CC[C@@]21C. The highest BCUT2D eigenvalue weighted by Crippen LogP contribution is 2.67. The number of esters is 1. The van der Waals surface area contributed by atoms with Crippen LogP contribution >= 0.6 is 0 Å². The molecule has 0 amide bonds. The number of fused-ring (bicyclic) bond motifs is 8. The molecular formula is C42H54O5. The van der Waals surface area contributed by atoms with Gasteiger partial charge in [-0.1, -0.05) is 83.7 Å². The third kappa shape index (κ3) is 5.95. The Labute approximate surface area is 280 Å². The molecule has 4 aliphatic rings. The third-order valence-electron chi connectivity index (χ3n) is 13.5. The largest absolute Gasteiger partial charge is 0.482 e. The molecule has 2 aromatic carbocycles. The molecule has 0 unspecified atom stereocenters. The maximum atomic E-state index is 12.9. The van der Waals surface area contributed by atoms with E-state index in [4.69, 9.17) is 13.9 Å². The van der Waals surface area contributed by atoms with E-state index in [0.717, 1.165) is 65.5 Å². The van der Waals surface area contributed by atoms with Crippen molar-refractivity contribution in [2.75, 3.05) is 6.61 Å². The number of hydrogen-bond acceptors (Lipinski definition) is 5. The van der Waals surface area contributed by atoms with Crippen molar-refractivity contribution in [3.63, 3.8) is 0 Å². The van der Waals surface area contributed by atoms with E-state index in [0.29, 0.717) is 22.1 Å². The number of ether oxygens (including phenoxy) is 2. The van der Waals surface area contributed by atoms with Gasteiger partial charge in [-0.05, 0) is 115 Å². The molecule has 3 saturated carbocycles. The lowest BCUT2D eigenvalue weighted by Gasteiger charge is -2.58. The van der Waals surface area contributed by atoms with Gasteiger partial charge in [-0.2, -0.15) is 0 Å². The van der Waals surface area contributed by atoms with Crippen LogP contribution in [-0.2, 0) is 9.53 Å². The van der Waals surface area contributed by atoms with Crippen LogP contribution in [0.5, 0.6) is 5.75 Å². The van der Waals surface area contributed by atoms with Gasteiger partial charge in [0.1, 0.15) is 17.4 Å². The number of carbonyl (C=O) groups is 1. The summed E-state index contributed by atoms with van der Waals surface area (Å²) in [6.07, 6.45) is 16.2. The van der Waals surface area contributed by atoms with E-state index >= 15 is 0 Å². The molecule has 4 aliphatic carbocycles. The molecule has 0 bridgehead atoms. The maximum Gasteiger partial charge on any atom is 0.344 e. The Balaban J connectivity index is 0.961. The van der Waals surface area contributed by atoms with Crippen molar-refractivity contribution in [3.8, 4) is 5.75 Å². The highest BCUT2D eigenvalue weighted by atomic mass is 16.6. The first-order valence-electron chi connectivity index (χ1n) is 18.5. The second-order valence-corrected chi connectivity index (χ2v) is 16.5. The summed E-state index contributed by atoms with van der Waals surface area (Å²) in [6, 6.07) is 12.8. The van der Waals surface area contributed by atoms with Gasteiger partial charge < -0.3 is 13.9 Å². The van der Waals surface area contributed by atoms with E-state index in [9.17, 15) is 9.59 Å². The minimum absolute atomic E-state index is 0.0978. The standard InChI is InChI=1S/C42H54O5/c1-26(2)9-8-10-27(3)35-17-18-36-34-15-13-28-23-30(19-21-41(28,4)37(34)20-22-42(35,36)5)46-39(43)25-45-29-14-16-32-31-11-6-7-12-33(31)40(44)47-38(32)24-29/h6-7,11-14,16,24,26-27,30,34-37H,8-10,15,17-23,25H2,1-5H3/t27-,30+,34+,35+,36-,37-,41+,42-/m1/s1. The maximum absolute atomic E-state index is 12.9. The first kappa shape index (κ1) is 32.5. The van der Waals surface area contributed by atoms with E-state index in [-0.39, 0.29) is 29.7 Å². The van der Waals surface area contributed by atoms with Crippen LogP contribution in [-0.4, -0.2) is 18.7 Å². The minimum Gasteiger partial charge on any atom is -0.482 e. The Morgan fingerprint density at radius 3 is 2.55 bits per heavy atom. The molecule has 3 aromatic rings. The van der Waals surface area contributed by atoms with Gasteiger partial charge in [0.2, 0.25) is 0 Å². The summed E-state index contributed by atoms with van der Waals surface area (Å²) in [7, 11) is 0. The molecule has 252 valence electrons. The van der Waals surface area contributed by atoms with Crippen molar-refractivity contribution in [1.29, 1.82) is 0 Å². The normalized spacial score (nSPS) is 32.4. The van der Waals surface area contributed by atoms with E-state index in [2.05, 4.69) is 40.7 Å². The van der Waals surface area contributed by atoms with Crippen LogP contribution in [0.1, 0.15) is 105 Å². The predicted octanol–water partition coefficient (Wildman–Crippen LogP) is 10.3. The molecule has 47 heavy (non-hydrogen) atoms. The van der Waals surface area contributed by atoms with Gasteiger partial charge in [0.25, 0.3) is 0 Å². The Kier molecular flexibility index (Phi) is 8.81. The minimum atomic E-state index is -0.380. The number of hydrogen-bond donors (Lipinski definition) is 0. The molecule has 0 N–H and O–H groups in total. The van der Waals surface area contributed by atoms with Crippen LogP contribution in [0.3, 0.4) is 0 Å². The van der Waals surface area contributed by atoms with Gasteiger partial charge in [-0.15, -0.1) is 0 Å². The summed E-state index contributed by atoms with van der Waals surface area (Å²) in [6.45, 7) is 12.3. The average Bonchev–Trinajstić information content (AvgIpc) is 3.41.